The van der Waals surface area contributed by atoms with Crippen LogP contribution in [0, 0.1) is 5.82 Å². The summed E-state index contributed by atoms with van der Waals surface area (Å²) in [5.41, 5.74) is 1.07. The molecule has 1 aliphatic heterocycles. The van der Waals surface area contributed by atoms with Crippen LogP contribution in [0.4, 0.5) is 10.1 Å². The molecule has 0 saturated carbocycles. The third-order valence-corrected chi connectivity index (χ3v) is 3.75. The van der Waals surface area contributed by atoms with Gasteiger partial charge in [0.1, 0.15) is 11.6 Å². The maximum Gasteiger partial charge on any atom is 0.227 e. The molecule has 1 aliphatic rings. The van der Waals surface area contributed by atoms with E-state index in [1.807, 2.05) is 35.8 Å². The largest absolute Gasteiger partial charge is 0.310 e. The highest BCUT2D eigenvalue weighted by molar-refractivity contribution is 5.95. The predicted molar refractivity (Wildman–Crippen MR) is 82.5 cm³/mol. The number of amides is 1. The molecule has 6 heteroatoms. The van der Waals surface area contributed by atoms with Gasteiger partial charge < -0.3 is 14.4 Å². The van der Waals surface area contributed by atoms with E-state index >= 15 is 0 Å². The van der Waals surface area contributed by atoms with Crippen LogP contribution in [0.1, 0.15) is 18.7 Å². The maximum absolute atomic E-state index is 14.4. The predicted octanol–water partition coefficient (Wildman–Crippen LogP) is 2.20. The zero-order valence-electron chi connectivity index (χ0n) is 12.8. The van der Waals surface area contributed by atoms with Crippen molar-refractivity contribution in [3.8, 4) is 5.69 Å². The lowest BCUT2D eigenvalue weighted by Gasteiger charge is -2.18. The fourth-order valence-corrected chi connectivity index (χ4v) is 2.74. The van der Waals surface area contributed by atoms with Crippen molar-refractivity contribution in [2.24, 2.45) is 0 Å². The van der Waals surface area contributed by atoms with E-state index in [1.54, 1.807) is 12.3 Å². The summed E-state index contributed by atoms with van der Waals surface area (Å²) in [4.78, 5) is 19.6. The fraction of sp³-hybridized carbons (Fsp3) is 0.375. The van der Waals surface area contributed by atoms with E-state index in [0.29, 0.717) is 30.9 Å². The molecule has 1 aromatic carbocycles. The van der Waals surface area contributed by atoms with Crippen molar-refractivity contribution in [2.75, 3.05) is 25.5 Å². The number of rotatable bonds is 4. The average Bonchev–Trinajstić information content (AvgIpc) is 3.07. The second-order valence-corrected chi connectivity index (χ2v) is 5.74. The van der Waals surface area contributed by atoms with Gasteiger partial charge in [-0.2, -0.15) is 0 Å². The van der Waals surface area contributed by atoms with Gasteiger partial charge in [-0.1, -0.05) is 0 Å². The van der Waals surface area contributed by atoms with Crippen LogP contribution in [0.15, 0.2) is 30.6 Å². The third-order valence-electron chi connectivity index (χ3n) is 3.75. The van der Waals surface area contributed by atoms with Gasteiger partial charge in [-0.3, -0.25) is 4.79 Å². The van der Waals surface area contributed by atoms with Crippen molar-refractivity contribution in [2.45, 2.75) is 19.4 Å². The maximum atomic E-state index is 14.4. The van der Waals surface area contributed by atoms with Gasteiger partial charge in [-0.05, 0) is 32.6 Å². The zero-order valence-corrected chi connectivity index (χ0v) is 12.8. The first-order valence-corrected chi connectivity index (χ1v) is 7.33. The number of anilines is 1. The Balaban J connectivity index is 1.92. The molecule has 1 aromatic heterocycles. The molecule has 0 unspecified atom stereocenters. The van der Waals surface area contributed by atoms with Crippen LogP contribution in [0.2, 0.25) is 0 Å². The number of imidazole rings is 1. The number of nitrogens with zero attached hydrogens (tertiary/aromatic N) is 4. The second kappa shape index (κ2) is 5.88. The summed E-state index contributed by atoms with van der Waals surface area (Å²) in [6.07, 6.45) is 4.80. The number of carbonyl (C=O) groups is 1. The van der Waals surface area contributed by atoms with E-state index in [-0.39, 0.29) is 11.7 Å². The Morgan fingerprint density at radius 3 is 2.82 bits per heavy atom. The van der Waals surface area contributed by atoms with Gasteiger partial charge in [0.2, 0.25) is 5.91 Å². The molecule has 1 fully saturated rings. The first kappa shape index (κ1) is 14.7. The van der Waals surface area contributed by atoms with Crippen LogP contribution < -0.4 is 4.90 Å². The van der Waals surface area contributed by atoms with E-state index in [2.05, 4.69) is 4.98 Å². The van der Waals surface area contributed by atoms with Gasteiger partial charge in [0.15, 0.2) is 0 Å². The second-order valence-electron chi connectivity index (χ2n) is 5.74. The van der Waals surface area contributed by atoms with E-state index in [0.717, 1.165) is 12.2 Å². The van der Waals surface area contributed by atoms with Crippen LogP contribution >= 0.6 is 0 Å². The molecule has 22 heavy (non-hydrogen) atoms. The summed E-state index contributed by atoms with van der Waals surface area (Å²) in [6, 6.07) is 4.96. The zero-order chi connectivity index (χ0) is 15.7. The lowest BCUT2D eigenvalue weighted by atomic mass is 10.2. The topological polar surface area (TPSA) is 41.4 Å². The molecule has 116 valence electrons. The molecular formula is C16H19FN4O. The lowest BCUT2D eigenvalue weighted by Crippen LogP contribution is -2.24. The monoisotopic (exact) mass is 302 g/mol. The Morgan fingerprint density at radius 2 is 2.18 bits per heavy atom. The van der Waals surface area contributed by atoms with Crippen LogP contribution in [0.25, 0.3) is 5.69 Å². The minimum absolute atomic E-state index is 0.0115. The first-order chi connectivity index (χ1) is 10.6. The van der Waals surface area contributed by atoms with E-state index in [1.165, 1.54) is 11.0 Å². The van der Waals surface area contributed by atoms with Crippen molar-refractivity contribution < 1.29 is 9.18 Å². The van der Waals surface area contributed by atoms with E-state index in [9.17, 15) is 9.18 Å². The summed E-state index contributed by atoms with van der Waals surface area (Å²) < 4.78 is 16.3. The molecule has 2 heterocycles. The summed E-state index contributed by atoms with van der Waals surface area (Å²) in [6.45, 7) is 1.26. The van der Waals surface area contributed by atoms with Gasteiger partial charge in [0.25, 0.3) is 0 Å². The standard InChI is InChI=1S/C16H19FN4O/c1-19(2)11-15-18-7-9-20(15)12-5-6-14(13(17)10-12)21-8-3-4-16(21)22/h5-7,9-10H,3-4,8,11H2,1-2H3. The Labute approximate surface area is 129 Å². The number of benzene rings is 1. The first-order valence-electron chi connectivity index (χ1n) is 7.33. The van der Waals surface area contributed by atoms with Gasteiger partial charge in [-0.25, -0.2) is 9.37 Å². The molecule has 0 aliphatic carbocycles. The van der Waals surface area contributed by atoms with Crippen LogP contribution in [-0.4, -0.2) is 41.0 Å². The highest BCUT2D eigenvalue weighted by Crippen LogP contribution is 2.26. The quantitative estimate of drug-likeness (QED) is 0.869. The van der Waals surface area contributed by atoms with Crippen molar-refractivity contribution in [3.05, 3.63) is 42.2 Å². The molecule has 5 nitrogen and oxygen atoms in total. The molecule has 0 spiro atoms. The van der Waals surface area contributed by atoms with Crippen molar-refractivity contribution >= 4 is 11.6 Å². The number of halogens is 1. The molecule has 3 rings (SSSR count). The van der Waals surface area contributed by atoms with Crippen molar-refractivity contribution in [1.82, 2.24) is 14.5 Å². The van der Waals surface area contributed by atoms with Crippen molar-refractivity contribution in [3.63, 3.8) is 0 Å². The van der Waals surface area contributed by atoms with E-state index < -0.39 is 0 Å². The molecule has 1 saturated heterocycles. The summed E-state index contributed by atoms with van der Waals surface area (Å²) in [5.74, 6) is 0.453. The molecule has 2 aromatic rings. The van der Waals surface area contributed by atoms with Gasteiger partial charge in [0.05, 0.1) is 12.2 Å². The Kier molecular flexibility index (Phi) is 3.94. The SMILES string of the molecule is CN(C)Cc1nccn1-c1ccc(N2CCCC2=O)c(F)c1. The minimum Gasteiger partial charge on any atom is -0.310 e. The smallest absolute Gasteiger partial charge is 0.227 e. The third kappa shape index (κ3) is 2.74. The summed E-state index contributed by atoms with van der Waals surface area (Å²) in [5, 5.41) is 0. The highest BCUT2D eigenvalue weighted by atomic mass is 19.1. The number of hydrogen-bond donors (Lipinski definition) is 0. The Hall–Kier alpha value is -2.21. The molecular weight excluding hydrogens is 283 g/mol. The van der Waals surface area contributed by atoms with Gasteiger partial charge in [-0.15, -0.1) is 0 Å². The molecule has 1 amide bonds. The molecule has 0 N–H and O–H groups in total. The number of carbonyl (C=O) groups excluding carboxylic acids is 1. The Bertz CT molecular complexity index is 695. The number of aromatic nitrogens is 2. The lowest BCUT2D eigenvalue weighted by molar-refractivity contribution is -0.117. The average molecular weight is 302 g/mol. The van der Waals surface area contributed by atoms with Crippen LogP contribution in [0.5, 0.6) is 0 Å². The Morgan fingerprint density at radius 1 is 1.36 bits per heavy atom. The molecule has 0 bridgehead atoms. The van der Waals surface area contributed by atoms with Crippen LogP contribution in [0.3, 0.4) is 0 Å². The molecule has 0 radical (unpaired) electrons. The van der Waals surface area contributed by atoms with Crippen LogP contribution in [-0.2, 0) is 11.3 Å². The van der Waals surface area contributed by atoms with Crippen molar-refractivity contribution in [1.29, 1.82) is 0 Å². The fourth-order valence-electron chi connectivity index (χ4n) is 2.74. The van der Waals surface area contributed by atoms with Gasteiger partial charge >= 0.3 is 0 Å². The minimum atomic E-state index is -0.378. The highest BCUT2D eigenvalue weighted by Gasteiger charge is 2.24. The summed E-state index contributed by atoms with van der Waals surface area (Å²) in [7, 11) is 3.92. The molecule has 0 atom stereocenters. The number of hydrogen-bond acceptors (Lipinski definition) is 3. The van der Waals surface area contributed by atoms with Gasteiger partial charge in [0, 0.05) is 37.1 Å². The van der Waals surface area contributed by atoms with E-state index in [4.69, 9.17) is 0 Å². The summed E-state index contributed by atoms with van der Waals surface area (Å²) >= 11 is 0. The normalized spacial score (nSPS) is 15.1.